The van der Waals surface area contributed by atoms with Crippen molar-refractivity contribution >= 4 is 28.2 Å². The summed E-state index contributed by atoms with van der Waals surface area (Å²) >= 11 is 1.08. The Bertz CT molecular complexity index is 655. The number of hydrogen-bond donors (Lipinski definition) is 1. The number of nitrogens with one attached hydrogen (secondary N) is 1. The van der Waals surface area contributed by atoms with Crippen molar-refractivity contribution in [1.82, 2.24) is 4.98 Å². The minimum Gasteiger partial charge on any atom is -0.298 e. The second-order valence-electron chi connectivity index (χ2n) is 3.68. The molecule has 0 aliphatic heterocycles. The van der Waals surface area contributed by atoms with Gasteiger partial charge in [-0.25, -0.2) is 13.8 Å². The lowest BCUT2D eigenvalue weighted by Crippen LogP contribution is -2.12. The van der Waals surface area contributed by atoms with Crippen LogP contribution >= 0.6 is 11.3 Å². The summed E-state index contributed by atoms with van der Waals surface area (Å²) in [7, 11) is 0. The molecule has 98 valence electrons. The molecule has 0 unspecified atom stereocenters. The van der Waals surface area contributed by atoms with Gasteiger partial charge in [0.15, 0.2) is 22.5 Å². The quantitative estimate of drug-likeness (QED) is 0.881. The zero-order valence-electron chi connectivity index (χ0n) is 9.74. The number of amides is 1. The zero-order valence-corrected chi connectivity index (χ0v) is 10.6. The van der Waals surface area contributed by atoms with Crippen LogP contribution in [-0.2, 0) is 0 Å². The predicted molar refractivity (Wildman–Crippen MR) is 66.4 cm³/mol. The summed E-state index contributed by atoms with van der Waals surface area (Å²) in [6.07, 6.45) is 0. The van der Waals surface area contributed by atoms with Gasteiger partial charge < -0.3 is 0 Å². The van der Waals surface area contributed by atoms with Gasteiger partial charge in [-0.1, -0.05) is 0 Å². The molecule has 1 amide bonds. The second-order valence-corrected chi connectivity index (χ2v) is 4.54. The van der Waals surface area contributed by atoms with Gasteiger partial charge in [0.25, 0.3) is 5.91 Å². The molecule has 0 radical (unpaired) electrons. The number of benzene rings is 1. The summed E-state index contributed by atoms with van der Waals surface area (Å²) in [5.74, 6) is -2.96. The molecule has 0 fully saturated rings. The van der Waals surface area contributed by atoms with E-state index >= 15 is 0 Å². The number of nitrogens with zero attached hydrogens (tertiary/aromatic N) is 1. The van der Waals surface area contributed by atoms with Gasteiger partial charge in [-0.05, 0) is 18.2 Å². The fourth-order valence-electron chi connectivity index (χ4n) is 1.30. The molecule has 1 aromatic heterocycles. The third-order valence-electron chi connectivity index (χ3n) is 2.27. The fourth-order valence-corrected chi connectivity index (χ4v) is 2.04. The first kappa shape index (κ1) is 13.3. The Kier molecular flexibility index (Phi) is 3.66. The molecule has 7 heteroatoms. The maximum Gasteiger partial charge on any atom is 0.257 e. The van der Waals surface area contributed by atoms with Crippen LogP contribution in [0.1, 0.15) is 27.8 Å². The highest BCUT2D eigenvalue weighted by atomic mass is 32.1. The molecule has 0 aliphatic carbocycles. The summed E-state index contributed by atoms with van der Waals surface area (Å²) in [5, 5.41) is 4.13. The Morgan fingerprint density at radius 1 is 1.26 bits per heavy atom. The molecule has 0 spiro atoms. The van der Waals surface area contributed by atoms with Crippen molar-refractivity contribution in [3.05, 3.63) is 46.5 Å². The highest BCUT2D eigenvalue weighted by molar-refractivity contribution is 7.14. The van der Waals surface area contributed by atoms with Crippen LogP contribution in [-0.4, -0.2) is 16.7 Å². The molecule has 4 nitrogen and oxygen atoms in total. The van der Waals surface area contributed by atoms with E-state index in [1.807, 2.05) is 0 Å². The Labute approximate surface area is 111 Å². The van der Waals surface area contributed by atoms with Crippen LogP contribution in [0.3, 0.4) is 0 Å². The first-order chi connectivity index (χ1) is 8.97. The van der Waals surface area contributed by atoms with Gasteiger partial charge in [0.05, 0.1) is 0 Å². The normalized spacial score (nSPS) is 10.3. The van der Waals surface area contributed by atoms with E-state index in [1.165, 1.54) is 12.3 Å². The van der Waals surface area contributed by atoms with E-state index < -0.39 is 17.5 Å². The molecule has 1 aromatic carbocycles. The van der Waals surface area contributed by atoms with Crippen LogP contribution in [0.2, 0.25) is 0 Å². The lowest BCUT2D eigenvalue weighted by Gasteiger charge is -2.02. The van der Waals surface area contributed by atoms with Crippen molar-refractivity contribution in [2.75, 3.05) is 5.32 Å². The van der Waals surface area contributed by atoms with E-state index in [4.69, 9.17) is 0 Å². The number of Topliss-reactive ketones (excluding diaryl/α,β-unsaturated/α-hetero) is 1. The van der Waals surface area contributed by atoms with Crippen molar-refractivity contribution < 1.29 is 18.4 Å². The van der Waals surface area contributed by atoms with Crippen LogP contribution in [0.4, 0.5) is 13.9 Å². The average molecular weight is 282 g/mol. The van der Waals surface area contributed by atoms with E-state index in [9.17, 15) is 18.4 Å². The number of aromatic nitrogens is 1. The molecule has 0 saturated heterocycles. The van der Waals surface area contributed by atoms with Crippen LogP contribution < -0.4 is 5.32 Å². The van der Waals surface area contributed by atoms with E-state index in [1.54, 1.807) is 0 Å². The maximum atomic E-state index is 13.0. The lowest BCUT2D eigenvalue weighted by atomic mass is 10.2. The number of carbonyl (C=O) groups excluding carboxylic acids is 2. The number of halogens is 2. The molecular weight excluding hydrogens is 274 g/mol. The van der Waals surface area contributed by atoms with Crippen LogP contribution in [0.5, 0.6) is 0 Å². The molecular formula is C12H8F2N2O2S. The number of ketones is 1. The largest absolute Gasteiger partial charge is 0.298 e. The first-order valence-corrected chi connectivity index (χ1v) is 6.08. The third-order valence-corrected chi connectivity index (χ3v) is 3.02. The van der Waals surface area contributed by atoms with Crippen molar-refractivity contribution in [3.63, 3.8) is 0 Å². The van der Waals surface area contributed by atoms with E-state index in [0.717, 1.165) is 29.5 Å². The number of anilines is 1. The van der Waals surface area contributed by atoms with Crippen molar-refractivity contribution in [2.45, 2.75) is 6.92 Å². The Morgan fingerprint density at radius 3 is 2.58 bits per heavy atom. The minimum atomic E-state index is -1.10. The van der Waals surface area contributed by atoms with Gasteiger partial charge >= 0.3 is 0 Å². The topological polar surface area (TPSA) is 59.1 Å². The Morgan fingerprint density at radius 2 is 2.00 bits per heavy atom. The summed E-state index contributed by atoms with van der Waals surface area (Å²) in [6, 6.07) is 2.82. The maximum absolute atomic E-state index is 13.0. The van der Waals surface area contributed by atoms with Crippen LogP contribution in [0, 0.1) is 11.6 Å². The summed E-state index contributed by atoms with van der Waals surface area (Å²) in [6.45, 7) is 1.36. The van der Waals surface area contributed by atoms with Crippen molar-refractivity contribution in [1.29, 1.82) is 0 Å². The zero-order chi connectivity index (χ0) is 14.0. The van der Waals surface area contributed by atoms with Crippen LogP contribution in [0.25, 0.3) is 0 Å². The number of carbonyl (C=O) groups is 2. The molecule has 0 aliphatic rings. The highest BCUT2D eigenvalue weighted by Crippen LogP contribution is 2.17. The molecule has 2 rings (SSSR count). The Hall–Kier alpha value is -2.15. The molecule has 2 aromatic rings. The third kappa shape index (κ3) is 3.00. The minimum absolute atomic E-state index is 0.0292. The van der Waals surface area contributed by atoms with E-state index in [0.29, 0.717) is 0 Å². The molecule has 0 atom stereocenters. The predicted octanol–water partition coefficient (Wildman–Crippen LogP) is 2.88. The molecule has 1 heterocycles. The SMILES string of the molecule is CC(=O)c1csc(NC(=O)c2ccc(F)c(F)c2)n1. The van der Waals surface area contributed by atoms with Gasteiger partial charge in [-0.2, -0.15) is 0 Å². The van der Waals surface area contributed by atoms with Crippen molar-refractivity contribution in [3.8, 4) is 0 Å². The number of thiazole rings is 1. The van der Waals surface area contributed by atoms with Gasteiger partial charge in [-0.15, -0.1) is 11.3 Å². The van der Waals surface area contributed by atoms with Crippen molar-refractivity contribution in [2.24, 2.45) is 0 Å². The van der Waals surface area contributed by atoms with E-state index in [-0.39, 0.29) is 22.2 Å². The summed E-state index contributed by atoms with van der Waals surface area (Å²) < 4.78 is 25.7. The number of rotatable bonds is 3. The Balaban J connectivity index is 2.15. The van der Waals surface area contributed by atoms with E-state index in [2.05, 4.69) is 10.3 Å². The lowest BCUT2D eigenvalue weighted by molar-refractivity contribution is 0.100. The van der Waals surface area contributed by atoms with Gasteiger partial charge in [0.1, 0.15) is 5.69 Å². The standard InChI is InChI=1S/C12H8F2N2O2S/c1-6(17)10-5-19-12(15-10)16-11(18)7-2-3-8(13)9(14)4-7/h2-5H,1H3,(H,15,16,18). The summed E-state index contributed by atoms with van der Waals surface area (Å²) in [5.41, 5.74) is 0.212. The second kappa shape index (κ2) is 5.23. The van der Waals surface area contributed by atoms with Gasteiger partial charge in [-0.3, -0.25) is 14.9 Å². The van der Waals surface area contributed by atoms with Gasteiger partial charge in [0, 0.05) is 17.9 Å². The first-order valence-electron chi connectivity index (χ1n) is 5.20. The molecule has 0 saturated carbocycles. The highest BCUT2D eigenvalue weighted by Gasteiger charge is 2.12. The molecule has 19 heavy (non-hydrogen) atoms. The number of hydrogen-bond acceptors (Lipinski definition) is 4. The molecule has 1 N–H and O–H groups in total. The summed E-state index contributed by atoms with van der Waals surface area (Å²) in [4.78, 5) is 26.7. The smallest absolute Gasteiger partial charge is 0.257 e. The molecule has 0 bridgehead atoms. The van der Waals surface area contributed by atoms with Crippen LogP contribution in [0.15, 0.2) is 23.6 Å². The average Bonchev–Trinajstić information content (AvgIpc) is 2.81. The van der Waals surface area contributed by atoms with Gasteiger partial charge in [0.2, 0.25) is 0 Å². The fraction of sp³-hybridized carbons (Fsp3) is 0.0833. The monoisotopic (exact) mass is 282 g/mol.